The Kier molecular flexibility index (Phi) is 6.86. The predicted molar refractivity (Wildman–Crippen MR) is 66.7 cm³/mol. The van der Waals surface area contributed by atoms with E-state index in [1.165, 1.54) is 0 Å². The van der Waals surface area contributed by atoms with Crippen LogP contribution in [0.1, 0.15) is 20.3 Å². The Morgan fingerprint density at radius 2 is 1.94 bits per heavy atom. The Morgan fingerprint density at radius 1 is 1.35 bits per heavy atom. The van der Waals surface area contributed by atoms with Crippen LogP contribution in [0, 0.1) is 0 Å². The Labute approximate surface area is 102 Å². The molecule has 0 fully saturated rings. The van der Waals surface area contributed by atoms with Gasteiger partial charge < -0.3 is 16.2 Å². The molecule has 0 aromatic heterocycles. The third-order valence-corrected chi connectivity index (χ3v) is 2.79. The van der Waals surface area contributed by atoms with Crippen molar-refractivity contribution in [1.29, 1.82) is 0 Å². The zero-order valence-electron chi connectivity index (χ0n) is 10.1. The summed E-state index contributed by atoms with van der Waals surface area (Å²) in [5.74, 6) is -0.308. The normalized spacial score (nSPS) is 14.6. The molecule has 0 saturated heterocycles. The molecule has 0 aromatic rings. The molecule has 0 amide bonds. The molecule has 5 N–H and O–H groups in total. The monoisotopic (exact) mass is 264 g/mol. The van der Waals surface area contributed by atoms with Gasteiger partial charge in [0, 0.05) is 18.0 Å². The molecule has 17 heavy (non-hydrogen) atoms. The summed E-state index contributed by atoms with van der Waals surface area (Å²) in [6.07, 6.45) is 1.94. The maximum absolute atomic E-state index is 10.4. The molecule has 0 spiro atoms. The van der Waals surface area contributed by atoms with Gasteiger partial charge in [-0.25, -0.2) is 0 Å². The first kappa shape index (κ1) is 16.0. The van der Waals surface area contributed by atoms with Crippen LogP contribution in [0.15, 0.2) is 23.0 Å². The van der Waals surface area contributed by atoms with Crippen LogP contribution < -0.4 is 11.5 Å². The highest BCUT2D eigenvalue weighted by Gasteiger charge is 2.03. The van der Waals surface area contributed by atoms with Gasteiger partial charge in [-0.3, -0.25) is 4.55 Å². The largest absolute Gasteiger partial charge is 0.402 e. The standard InChI is InChI=1S/C10H20N2O4S/c1-8(9(2)11)6-10(12)7-16-4-3-5-17(13,14)15/h6H,3-5,7,11-12H2,1-2H3,(H,13,14,15)/b9-8+,10-6+. The molecule has 0 rings (SSSR count). The summed E-state index contributed by atoms with van der Waals surface area (Å²) < 4.78 is 34.4. The Morgan fingerprint density at radius 3 is 2.41 bits per heavy atom. The van der Waals surface area contributed by atoms with Gasteiger partial charge in [0.2, 0.25) is 0 Å². The molecule has 0 heterocycles. The predicted octanol–water partition coefficient (Wildman–Crippen LogP) is 0.376. The second-order valence-corrected chi connectivity index (χ2v) is 5.35. The van der Waals surface area contributed by atoms with E-state index in [4.69, 9.17) is 20.8 Å². The van der Waals surface area contributed by atoms with Crippen molar-refractivity contribution in [1.82, 2.24) is 0 Å². The van der Waals surface area contributed by atoms with Crippen molar-refractivity contribution in [2.24, 2.45) is 11.5 Å². The summed E-state index contributed by atoms with van der Waals surface area (Å²) in [6.45, 7) is 4.03. The minimum atomic E-state index is -3.90. The molecule has 0 aliphatic rings. The number of rotatable bonds is 7. The summed E-state index contributed by atoms with van der Waals surface area (Å²) in [5, 5.41) is 0. The Hall–Kier alpha value is -1.05. The van der Waals surface area contributed by atoms with E-state index in [9.17, 15) is 8.42 Å². The van der Waals surface area contributed by atoms with E-state index >= 15 is 0 Å². The molecule has 7 heteroatoms. The van der Waals surface area contributed by atoms with Gasteiger partial charge in [-0.1, -0.05) is 0 Å². The molecule has 0 aliphatic carbocycles. The average Bonchev–Trinajstić information content (AvgIpc) is 2.15. The highest BCUT2D eigenvalue weighted by atomic mass is 32.2. The second-order valence-electron chi connectivity index (χ2n) is 3.78. The molecular weight excluding hydrogens is 244 g/mol. The van der Waals surface area contributed by atoms with E-state index in [1.807, 2.05) is 6.92 Å². The van der Waals surface area contributed by atoms with Crippen LogP contribution in [0.4, 0.5) is 0 Å². The molecule has 0 saturated carbocycles. The summed E-state index contributed by atoms with van der Waals surface area (Å²) in [6, 6.07) is 0. The molecule has 0 atom stereocenters. The highest BCUT2D eigenvalue weighted by molar-refractivity contribution is 7.85. The van der Waals surface area contributed by atoms with Gasteiger partial charge in [0.15, 0.2) is 0 Å². The molecule has 0 bridgehead atoms. The van der Waals surface area contributed by atoms with E-state index in [0.29, 0.717) is 11.4 Å². The first-order chi connectivity index (χ1) is 7.72. The third-order valence-electron chi connectivity index (χ3n) is 1.98. The van der Waals surface area contributed by atoms with Gasteiger partial charge in [0.25, 0.3) is 10.1 Å². The topological polar surface area (TPSA) is 116 Å². The van der Waals surface area contributed by atoms with Gasteiger partial charge in [-0.15, -0.1) is 0 Å². The highest BCUT2D eigenvalue weighted by Crippen LogP contribution is 2.01. The van der Waals surface area contributed by atoms with Gasteiger partial charge in [0.05, 0.1) is 12.4 Å². The van der Waals surface area contributed by atoms with Crippen LogP contribution in [-0.2, 0) is 14.9 Å². The molecule has 0 aromatic carbocycles. The third kappa shape index (κ3) is 9.86. The first-order valence-electron chi connectivity index (χ1n) is 5.14. The summed E-state index contributed by atoms with van der Waals surface area (Å²) in [5.41, 5.74) is 13.3. The fraction of sp³-hybridized carbons (Fsp3) is 0.600. The minimum Gasteiger partial charge on any atom is -0.402 e. The summed E-state index contributed by atoms with van der Waals surface area (Å²) in [4.78, 5) is 0. The number of nitrogens with two attached hydrogens (primary N) is 2. The van der Waals surface area contributed by atoms with Gasteiger partial charge >= 0.3 is 0 Å². The number of ether oxygens (including phenoxy) is 1. The minimum absolute atomic E-state index is 0.204. The van der Waals surface area contributed by atoms with E-state index in [-0.39, 0.29) is 25.4 Å². The van der Waals surface area contributed by atoms with Crippen molar-refractivity contribution in [3.8, 4) is 0 Å². The molecule has 100 valence electrons. The van der Waals surface area contributed by atoms with Crippen LogP contribution in [0.5, 0.6) is 0 Å². The smallest absolute Gasteiger partial charge is 0.264 e. The van der Waals surface area contributed by atoms with Crippen molar-refractivity contribution < 1.29 is 17.7 Å². The average molecular weight is 264 g/mol. The lowest BCUT2D eigenvalue weighted by atomic mass is 10.2. The quantitative estimate of drug-likeness (QED) is 0.348. The van der Waals surface area contributed by atoms with Crippen molar-refractivity contribution >= 4 is 10.1 Å². The van der Waals surface area contributed by atoms with Gasteiger partial charge in [-0.05, 0) is 31.9 Å². The molecule has 0 aliphatic heterocycles. The zero-order chi connectivity index (χ0) is 13.5. The molecule has 0 radical (unpaired) electrons. The Balaban J connectivity index is 3.88. The van der Waals surface area contributed by atoms with Crippen LogP contribution in [0.3, 0.4) is 0 Å². The maximum Gasteiger partial charge on any atom is 0.264 e. The molecule has 6 nitrogen and oxygen atoms in total. The van der Waals surface area contributed by atoms with E-state index in [1.54, 1.807) is 13.0 Å². The fourth-order valence-electron chi connectivity index (χ4n) is 0.967. The van der Waals surface area contributed by atoms with Crippen molar-refractivity contribution in [3.05, 3.63) is 23.0 Å². The summed E-state index contributed by atoms with van der Waals surface area (Å²) >= 11 is 0. The van der Waals surface area contributed by atoms with E-state index < -0.39 is 10.1 Å². The Bertz CT molecular complexity index is 395. The zero-order valence-corrected chi connectivity index (χ0v) is 11.0. The number of hydrogen-bond acceptors (Lipinski definition) is 5. The van der Waals surface area contributed by atoms with Gasteiger partial charge in [0.1, 0.15) is 0 Å². The van der Waals surface area contributed by atoms with Crippen LogP contribution in [-0.4, -0.2) is 31.9 Å². The van der Waals surface area contributed by atoms with Crippen molar-refractivity contribution in [3.63, 3.8) is 0 Å². The fourth-order valence-corrected chi connectivity index (χ4v) is 1.45. The maximum atomic E-state index is 10.4. The van der Waals surface area contributed by atoms with Crippen LogP contribution >= 0.6 is 0 Å². The molecular formula is C10H20N2O4S. The molecule has 0 unspecified atom stereocenters. The van der Waals surface area contributed by atoms with Crippen LogP contribution in [0.2, 0.25) is 0 Å². The van der Waals surface area contributed by atoms with Crippen molar-refractivity contribution in [2.45, 2.75) is 20.3 Å². The number of hydrogen-bond donors (Lipinski definition) is 3. The van der Waals surface area contributed by atoms with Crippen molar-refractivity contribution in [2.75, 3.05) is 19.0 Å². The van der Waals surface area contributed by atoms with E-state index in [0.717, 1.165) is 5.57 Å². The lowest BCUT2D eigenvalue weighted by molar-refractivity contribution is 0.156. The van der Waals surface area contributed by atoms with Gasteiger partial charge in [-0.2, -0.15) is 8.42 Å². The lowest BCUT2D eigenvalue weighted by Gasteiger charge is -2.05. The first-order valence-corrected chi connectivity index (χ1v) is 6.75. The lowest BCUT2D eigenvalue weighted by Crippen LogP contribution is -2.11. The van der Waals surface area contributed by atoms with E-state index in [2.05, 4.69) is 0 Å². The second kappa shape index (κ2) is 7.31. The summed E-state index contributed by atoms with van der Waals surface area (Å²) in [7, 11) is -3.90. The van der Waals surface area contributed by atoms with Crippen LogP contribution in [0.25, 0.3) is 0 Å². The SMILES string of the molecule is C/C(N)=C(C)\C=C(\N)COCCCS(=O)(=O)O. The number of allylic oxidation sites excluding steroid dienone is 3.